The molecule has 2 atom stereocenters. The molecule has 0 radical (unpaired) electrons. The molecule has 0 fully saturated rings. The molecular formula is C25H35NO3SSi. The van der Waals surface area contributed by atoms with Crippen molar-refractivity contribution in [3.05, 3.63) is 78.4 Å². The van der Waals surface area contributed by atoms with Crippen molar-refractivity contribution in [1.29, 1.82) is 0 Å². The molecule has 0 aliphatic heterocycles. The van der Waals surface area contributed by atoms with Gasteiger partial charge in [-0.15, -0.1) is 10.9 Å². The summed E-state index contributed by atoms with van der Waals surface area (Å²) in [5.74, 6) is 0.569. The normalized spacial score (nSPS) is 14.1. The average molecular weight is 458 g/mol. The van der Waals surface area contributed by atoms with E-state index in [0.29, 0.717) is 5.75 Å². The maximum Gasteiger partial charge on any atom is 0.440 e. The second-order valence-corrected chi connectivity index (χ2v) is 15.6. The number of rotatable bonds is 8. The molecule has 0 saturated heterocycles. The molecular weight excluding hydrogens is 422 g/mol. The highest BCUT2D eigenvalue weighted by atomic mass is 32.2. The second-order valence-electron chi connectivity index (χ2n) is 9.13. The van der Waals surface area contributed by atoms with Crippen LogP contribution in [0.2, 0.25) is 18.1 Å². The SMILES string of the molecule is C=C[C@@H](C/[S@@](=N/C(=O)OCc1ccccc1)c1ccc(C)cc1)O[Si](C)(C)C(C)(C)C. The monoisotopic (exact) mass is 457 g/mol. The van der Waals surface area contributed by atoms with Crippen molar-refractivity contribution < 1.29 is 14.0 Å². The molecule has 0 aliphatic carbocycles. The van der Waals surface area contributed by atoms with Crippen LogP contribution in [0.4, 0.5) is 4.79 Å². The third kappa shape index (κ3) is 7.87. The number of hydrogen-bond donors (Lipinski definition) is 0. The summed E-state index contributed by atoms with van der Waals surface area (Å²) in [4.78, 5) is 13.5. The Morgan fingerprint density at radius 2 is 1.74 bits per heavy atom. The van der Waals surface area contributed by atoms with Gasteiger partial charge in [0.1, 0.15) is 6.61 Å². The minimum absolute atomic E-state index is 0.0858. The standard InChI is InChI=1S/C25H35NO3SSi/c1-8-22(29-31(6,7)25(3,4)5)19-30(23-16-14-20(2)15-17-23)26-24(27)28-18-21-12-10-9-11-13-21/h8-17,22H,1,18-19H2,2-7H3/t22-,30+/m0/s1. The van der Waals surface area contributed by atoms with Crippen molar-refractivity contribution in [2.24, 2.45) is 4.36 Å². The first kappa shape index (κ1) is 25.2. The summed E-state index contributed by atoms with van der Waals surface area (Å²) in [5, 5.41) is 0.0858. The van der Waals surface area contributed by atoms with E-state index in [1.807, 2.05) is 67.6 Å². The zero-order valence-electron chi connectivity index (χ0n) is 19.6. The molecule has 0 aliphatic rings. The first-order valence-electron chi connectivity index (χ1n) is 10.5. The van der Waals surface area contributed by atoms with Crippen molar-refractivity contribution in [3.8, 4) is 0 Å². The fourth-order valence-electron chi connectivity index (χ4n) is 2.58. The molecule has 6 heteroatoms. The van der Waals surface area contributed by atoms with Crippen LogP contribution in [0, 0.1) is 6.92 Å². The smallest absolute Gasteiger partial charge is 0.440 e. The van der Waals surface area contributed by atoms with Gasteiger partial charge in [0.2, 0.25) is 0 Å². The van der Waals surface area contributed by atoms with Crippen LogP contribution in [-0.2, 0) is 26.5 Å². The van der Waals surface area contributed by atoms with Crippen LogP contribution < -0.4 is 0 Å². The zero-order chi connectivity index (χ0) is 23.1. The molecule has 168 valence electrons. The Bertz CT molecular complexity index is 903. The van der Waals surface area contributed by atoms with Gasteiger partial charge in [-0.25, -0.2) is 4.79 Å². The van der Waals surface area contributed by atoms with Crippen molar-refractivity contribution in [2.45, 2.75) is 63.4 Å². The Morgan fingerprint density at radius 3 is 2.29 bits per heavy atom. The minimum Gasteiger partial charge on any atom is -0.443 e. The van der Waals surface area contributed by atoms with Crippen LogP contribution in [0.25, 0.3) is 0 Å². The lowest BCUT2D eigenvalue weighted by Crippen LogP contribution is -2.44. The molecule has 0 heterocycles. The molecule has 0 N–H and O–H groups in total. The van der Waals surface area contributed by atoms with Crippen LogP contribution in [-0.4, -0.2) is 26.3 Å². The summed E-state index contributed by atoms with van der Waals surface area (Å²) in [6.45, 7) is 17.3. The first-order chi connectivity index (χ1) is 14.5. The Balaban J connectivity index is 2.23. The van der Waals surface area contributed by atoms with E-state index < -0.39 is 25.1 Å². The second kappa shape index (κ2) is 11.0. The van der Waals surface area contributed by atoms with Gasteiger partial charge in [-0.3, -0.25) is 0 Å². The van der Waals surface area contributed by atoms with Crippen LogP contribution in [0.15, 0.2) is 76.5 Å². The Labute approximate surface area is 190 Å². The van der Waals surface area contributed by atoms with Crippen molar-refractivity contribution in [3.63, 3.8) is 0 Å². The molecule has 0 aromatic heterocycles. The number of nitrogens with zero attached hydrogens (tertiary/aromatic N) is 1. The Morgan fingerprint density at radius 1 is 1.13 bits per heavy atom. The summed E-state index contributed by atoms with van der Waals surface area (Å²) in [6.07, 6.45) is 1.10. The quantitative estimate of drug-likeness (QED) is 0.315. The van der Waals surface area contributed by atoms with E-state index in [-0.39, 0.29) is 17.7 Å². The third-order valence-electron chi connectivity index (χ3n) is 5.52. The number of benzene rings is 2. The van der Waals surface area contributed by atoms with Crippen molar-refractivity contribution in [2.75, 3.05) is 5.75 Å². The number of hydrogen-bond acceptors (Lipinski definition) is 3. The van der Waals surface area contributed by atoms with E-state index in [4.69, 9.17) is 9.16 Å². The highest BCUT2D eigenvalue weighted by Crippen LogP contribution is 2.37. The van der Waals surface area contributed by atoms with Crippen LogP contribution in [0.1, 0.15) is 31.9 Å². The topological polar surface area (TPSA) is 47.9 Å². The largest absolute Gasteiger partial charge is 0.443 e. The van der Waals surface area contributed by atoms with E-state index in [1.54, 1.807) is 0 Å². The lowest BCUT2D eigenvalue weighted by atomic mass is 10.2. The summed E-state index contributed by atoms with van der Waals surface area (Å²) < 4.78 is 16.4. The van der Waals surface area contributed by atoms with Gasteiger partial charge in [-0.05, 0) is 42.8 Å². The lowest BCUT2D eigenvalue weighted by Gasteiger charge is -2.38. The minimum atomic E-state index is -1.99. The van der Waals surface area contributed by atoms with E-state index in [0.717, 1.165) is 16.0 Å². The molecule has 2 aromatic carbocycles. The molecule has 0 unspecified atom stereocenters. The van der Waals surface area contributed by atoms with Gasteiger partial charge < -0.3 is 9.16 Å². The molecule has 2 rings (SSSR count). The van der Waals surface area contributed by atoms with Crippen LogP contribution >= 0.6 is 0 Å². The predicted octanol–water partition coefficient (Wildman–Crippen LogP) is 7.07. The molecule has 0 bridgehead atoms. The van der Waals surface area contributed by atoms with Crippen LogP contribution in [0.5, 0.6) is 0 Å². The number of carbonyl (C=O) groups is 1. The maximum absolute atomic E-state index is 12.5. The van der Waals surface area contributed by atoms with Gasteiger partial charge in [0.05, 0.1) is 6.10 Å². The number of ether oxygens (including phenoxy) is 1. The van der Waals surface area contributed by atoms with Crippen molar-refractivity contribution in [1.82, 2.24) is 0 Å². The van der Waals surface area contributed by atoms with Gasteiger partial charge in [-0.2, -0.15) is 0 Å². The van der Waals surface area contributed by atoms with Gasteiger partial charge in [0.15, 0.2) is 8.32 Å². The fraction of sp³-hybridized carbons (Fsp3) is 0.400. The van der Waals surface area contributed by atoms with Gasteiger partial charge in [0, 0.05) is 10.6 Å². The number of amides is 1. The molecule has 0 spiro atoms. The average Bonchev–Trinajstić information content (AvgIpc) is 2.71. The highest BCUT2D eigenvalue weighted by molar-refractivity contribution is 7.87. The van der Waals surface area contributed by atoms with E-state index >= 15 is 0 Å². The number of carbonyl (C=O) groups excluding carboxylic acids is 1. The molecule has 0 saturated carbocycles. The number of aryl methyl sites for hydroxylation is 1. The van der Waals surface area contributed by atoms with Crippen molar-refractivity contribution >= 4 is 25.1 Å². The third-order valence-corrected chi connectivity index (χ3v) is 11.9. The molecule has 31 heavy (non-hydrogen) atoms. The van der Waals surface area contributed by atoms with Gasteiger partial charge in [0.25, 0.3) is 0 Å². The summed E-state index contributed by atoms with van der Waals surface area (Å²) in [5.41, 5.74) is 2.10. The molecule has 2 aromatic rings. The van der Waals surface area contributed by atoms with Gasteiger partial charge in [-0.1, -0.05) is 85.6 Å². The molecule has 4 nitrogen and oxygen atoms in total. The summed E-state index contributed by atoms with van der Waals surface area (Å²) in [7, 11) is -2.69. The van der Waals surface area contributed by atoms with Gasteiger partial charge >= 0.3 is 6.09 Å². The predicted molar refractivity (Wildman–Crippen MR) is 133 cm³/mol. The van der Waals surface area contributed by atoms with E-state index in [9.17, 15) is 4.79 Å². The van der Waals surface area contributed by atoms with E-state index in [2.05, 4.69) is 44.8 Å². The molecule has 1 amide bonds. The summed E-state index contributed by atoms with van der Waals surface area (Å²) >= 11 is 0. The Hall–Kier alpha value is -2.02. The Kier molecular flexibility index (Phi) is 8.97. The fourth-order valence-corrected chi connectivity index (χ4v) is 5.56. The van der Waals surface area contributed by atoms with Crippen LogP contribution in [0.3, 0.4) is 0 Å². The summed E-state index contributed by atoms with van der Waals surface area (Å²) in [6, 6.07) is 17.8. The zero-order valence-corrected chi connectivity index (χ0v) is 21.4. The van der Waals surface area contributed by atoms with E-state index in [1.165, 1.54) is 0 Å². The first-order valence-corrected chi connectivity index (χ1v) is 14.8. The maximum atomic E-state index is 12.5. The highest BCUT2D eigenvalue weighted by Gasteiger charge is 2.38. The lowest BCUT2D eigenvalue weighted by molar-refractivity contribution is 0.151.